The van der Waals surface area contributed by atoms with E-state index < -0.39 is 22.6 Å². The lowest BCUT2D eigenvalue weighted by atomic mass is 10.2. The molecule has 1 aromatic carbocycles. The molecule has 1 unspecified atom stereocenters. The third kappa shape index (κ3) is 4.19. The van der Waals surface area contributed by atoms with Gasteiger partial charge in [0.15, 0.2) is 0 Å². The Morgan fingerprint density at radius 2 is 2.17 bits per heavy atom. The highest BCUT2D eigenvalue weighted by Gasteiger charge is 2.13. The number of ether oxygens (including phenoxy) is 1. The van der Waals surface area contributed by atoms with Gasteiger partial charge in [0.1, 0.15) is 5.82 Å². The van der Waals surface area contributed by atoms with Crippen LogP contribution in [0.15, 0.2) is 23.1 Å². The topological polar surface area (TPSA) is 63.6 Å². The molecule has 0 radical (unpaired) electrons. The van der Waals surface area contributed by atoms with Crippen LogP contribution in [-0.2, 0) is 15.5 Å². The van der Waals surface area contributed by atoms with Crippen LogP contribution in [-0.4, -0.2) is 34.3 Å². The van der Waals surface area contributed by atoms with Crippen molar-refractivity contribution in [2.45, 2.75) is 18.2 Å². The third-order valence-corrected chi connectivity index (χ3v) is 3.53. The number of aromatic carboxylic acids is 1. The molecular weight excluding hydrogens is 259 g/mol. The van der Waals surface area contributed by atoms with Gasteiger partial charge in [-0.2, -0.15) is 0 Å². The fourth-order valence-electron chi connectivity index (χ4n) is 1.30. The summed E-state index contributed by atoms with van der Waals surface area (Å²) in [5, 5.41) is 8.78. The Morgan fingerprint density at radius 3 is 2.78 bits per heavy atom. The second-order valence-corrected chi connectivity index (χ2v) is 5.15. The van der Waals surface area contributed by atoms with Gasteiger partial charge in [-0.05, 0) is 24.6 Å². The minimum Gasteiger partial charge on any atom is -0.478 e. The van der Waals surface area contributed by atoms with Gasteiger partial charge in [-0.3, -0.25) is 4.21 Å². The first kappa shape index (κ1) is 14.8. The molecule has 0 aliphatic rings. The highest BCUT2D eigenvalue weighted by molar-refractivity contribution is 7.85. The molecule has 6 heteroatoms. The van der Waals surface area contributed by atoms with E-state index in [0.717, 1.165) is 24.6 Å². The van der Waals surface area contributed by atoms with Crippen molar-refractivity contribution in [1.29, 1.82) is 0 Å². The smallest absolute Gasteiger partial charge is 0.335 e. The first-order valence-corrected chi connectivity index (χ1v) is 6.87. The van der Waals surface area contributed by atoms with E-state index in [-0.39, 0.29) is 22.8 Å². The van der Waals surface area contributed by atoms with Crippen molar-refractivity contribution in [3.63, 3.8) is 0 Å². The standard InChI is InChI=1S/C12H15FO4S/c1-2-5-17-6-7-18(16)11-8-9(12(14)15)3-4-10(11)13/h3-4,8H,2,5-7H2,1H3,(H,14,15). The van der Waals surface area contributed by atoms with E-state index in [1.165, 1.54) is 0 Å². The van der Waals surface area contributed by atoms with Gasteiger partial charge in [-0.1, -0.05) is 6.92 Å². The Bertz CT molecular complexity index is 448. The predicted molar refractivity (Wildman–Crippen MR) is 65.7 cm³/mol. The number of carboxylic acid groups (broad SMARTS) is 1. The summed E-state index contributed by atoms with van der Waals surface area (Å²) in [6.07, 6.45) is 0.857. The van der Waals surface area contributed by atoms with Crippen molar-refractivity contribution < 1.29 is 23.2 Å². The van der Waals surface area contributed by atoms with Crippen LogP contribution >= 0.6 is 0 Å². The molecule has 0 bridgehead atoms. The maximum atomic E-state index is 13.4. The predicted octanol–water partition coefficient (Wildman–Crippen LogP) is 2.06. The van der Waals surface area contributed by atoms with Crippen molar-refractivity contribution in [3.05, 3.63) is 29.6 Å². The maximum Gasteiger partial charge on any atom is 0.335 e. The average molecular weight is 274 g/mol. The quantitative estimate of drug-likeness (QED) is 0.773. The number of hydrogen-bond donors (Lipinski definition) is 1. The minimum atomic E-state index is -1.59. The van der Waals surface area contributed by atoms with Crippen molar-refractivity contribution in [2.24, 2.45) is 0 Å². The fourth-order valence-corrected chi connectivity index (χ4v) is 2.33. The summed E-state index contributed by atoms with van der Waals surface area (Å²) in [7, 11) is -1.59. The second-order valence-electron chi connectivity index (χ2n) is 3.61. The molecule has 0 amide bonds. The Balaban J connectivity index is 2.72. The Morgan fingerprint density at radius 1 is 1.44 bits per heavy atom. The molecule has 18 heavy (non-hydrogen) atoms. The van der Waals surface area contributed by atoms with Gasteiger partial charge < -0.3 is 9.84 Å². The molecule has 4 nitrogen and oxygen atoms in total. The summed E-state index contributed by atoms with van der Waals surface area (Å²) in [6, 6.07) is 3.27. The summed E-state index contributed by atoms with van der Waals surface area (Å²) < 4.78 is 30.4. The molecule has 1 rings (SSSR count). The van der Waals surface area contributed by atoms with Crippen LogP contribution < -0.4 is 0 Å². The van der Waals surface area contributed by atoms with E-state index in [1.807, 2.05) is 6.92 Å². The first-order valence-electron chi connectivity index (χ1n) is 5.55. The molecule has 1 aromatic rings. The number of halogens is 1. The zero-order valence-electron chi connectivity index (χ0n) is 10.0. The van der Waals surface area contributed by atoms with Gasteiger partial charge in [0.2, 0.25) is 0 Å². The Labute approximate surface area is 107 Å². The molecule has 1 N–H and O–H groups in total. The normalized spacial score (nSPS) is 12.3. The molecule has 0 heterocycles. The third-order valence-electron chi connectivity index (χ3n) is 2.18. The van der Waals surface area contributed by atoms with Gasteiger partial charge in [0.05, 0.1) is 33.6 Å². The van der Waals surface area contributed by atoms with E-state index in [4.69, 9.17) is 9.84 Å². The van der Waals surface area contributed by atoms with Crippen LogP contribution in [0.2, 0.25) is 0 Å². The Kier molecular flexibility index (Phi) is 5.94. The molecule has 0 aliphatic heterocycles. The summed E-state index contributed by atoms with van der Waals surface area (Å²) in [6.45, 7) is 2.78. The van der Waals surface area contributed by atoms with E-state index >= 15 is 0 Å². The lowest BCUT2D eigenvalue weighted by Crippen LogP contribution is -2.09. The maximum absolute atomic E-state index is 13.4. The van der Waals surface area contributed by atoms with Crippen LogP contribution in [0, 0.1) is 5.82 Å². The molecule has 0 aromatic heterocycles. The fraction of sp³-hybridized carbons (Fsp3) is 0.417. The molecule has 1 atom stereocenters. The molecule has 0 saturated heterocycles. The highest BCUT2D eigenvalue weighted by Crippen LogP contribution is 2.15. The first-order chi connectivity index (χ1) is 8.56. The van der Waals surface area contributed by atoms with Crippen molar-refractivity contribution in [3.8, 4) is 0 Å². The highest BCUT2D eigenvalue weighted by atomic mass is 32.2. The number of benzene rings is 1. The van der Waals surface area contributed by atoms with Crippen molar-refractivity contribution in [1.82, 2.24) is 0 Å². The van der Waals surface area contributed by atoms with Gasteiger partial charge in [-0.25, -0.2) is 9.18 Å². The summed E-state index contributed by atoms with van der Waals surface area (Å²) >= 11 is 0. The van der Waals surface area contributed by atoms with Gasteiger partial charge in [-0.15, -0.1) is 0 Å². The zero-order valence-corrected chi connectivity index (χ0v) is 10.8. The summed E-state index contributed by atoms with van der Waals surface area (Å²) in [4.78, 5) is 10.7. The number of rotatable bonds is 7. The molecule has 0 aliphatic carbocycles. The summed E-state index contributed by atoms with van der Waals surface area (Å²) in [5.74, 6) is -1.68. The minimum absolute atomic E-state index is 0.0748. The number of hydrogen-bond acceptors (Lipinski definition) is 3. The Hall–Kier alpha value is -1.27. The van der Waals surface area contributed by atoms with Gasteiger partial charge in [0, 0.05) is 6.61 Å². The van der Waals surface area contributed by atoms with Crippen LogP contribution in [0.4, 0.5) is 4.39 Å². The molecule has 0 saturated carbocycles. The van der Waals surface area contributed by atoms with E-state index in [0.29, 0.717) is 6.61 Å². The van der Waals surface area contributed by atoms with E-state index in [9.17, 15) is 13.4 Å². The van der Waals surface area contributed by atoms with E-state index in [2.05, 4.69) is 0 Å². The number of carbonyl (C=O) groups is 1. The number of carboxylic acids is 1. The lowest BCUT2D eigenvalue weighted by Gasteiger charge is -2.05. The van der Waals surface area contributed by atoms with Crippen molar-refractivity contribution >= 4 is 16.8 Å². The van der Waals surface area contributed by atoms with Crippen LogP contribution in [0.5, 0.6) is 0 Å². The summed E-state index contributed by atoms with van der Waals surface area (Å²) in [5.41, 5.74) is -0.0748. The second kappa shape index (κ2) is 7.23. The van der Waals surface area contributed by atoms with Gasteiger partial charge in [0.25, 0.3) is 0 Å². The van der Waals surface area contributed by atoms with Gasteiger partial charge >= 0.3 is 5.97 Å². The lowest BCUT2D eigenvalue weighted by molar-refractivity contribution is 0.0696. The largest absolute Gasteiger partial charge is 0.478 e. The molecule has 100 valence electrons. The molecular formula is C12H15FO4S. The van der Waals surface area contributed by atoms with E-state index in [1.54, 1.807) is 0 Å². The molecule has 0 fully saturated rings. The van der Waals surface area contributed by atoms with Crippen molar-refractivity contribution in [2.75, 3.05) is 19.0 Å². The SMILES string of the molecule is CCCOCCS(=O)c1cc(C(=O)O)ccc1F. The average Bonchev–Trinajstić information content (AvgIpc) is 2.34. The van der Waals surface area contributed by atoms with Crippen LogP contribution in [0.1, 0.15) is 23.7 Å². The van der Waals surface area contributed by atoms with Crippen LogP contribution in [0.25, 0.3) is 0 Å². The zero-order chi connectivity index (χ0) is 13.5. The monoisotopic (exact) mass is 274 g/mol. The molecule has 0 spiro atoms. The van der Waals surface area contributed by atoms with Crippen LogP contribution in [0.3, 0.4) is 0 Å².